The van der Waals surface area contributed by atoms with Gasteiger partial charge in [0, 0.05) is 43.8 Å². The lowest BCUT2D eigenvalue weighted by molar-refractivity contribution is -0.135. The molecule has 1 aromatic carbocycles. The van der Waals surface area contributed by atoms with Gasteiger partial charge in [-0.25, -0.2) is 9.97 Å². The minimum atomic E-state index is -0.365. The smallest absolute Gasteiger partial charge is 0.244 e. The Labute approximate surface area is 201 Å². The summed E-state index contributed by atoms with van der Waals surface area (Å²) in [7, 11) is 1.57. The maximum absolute atomic E-state index is 13.2. The fourth-order valence-corrected chi connectivity index (χ4v) is 4.30. The Morgan fingerprint density at radius 3 is 2.70 bits per heavy atom. The van der Waals surface area contributed by atoms with E-state index in [1.54, 1.807) is 48.1 Å². The summed E-state index contributed by atoms with van der Waals surface area (Å²) in [4.78, 5) is 25.3. The summed E-state index contributed by atoms with van der Waals surface area (Å²) in [5.41, 5.74) is 2.01. The molecule has 33 heavy (non-hydrogen) atoms. The molecule has 0 unspecified atom stereocenters. The Kier molecular flexibility index (Phi) is 7.02. The Balaban J connectivity index is 1.48. The third kappa shape index (κ3) is 4.75. The summed E-state index contributed by atoms with van der Waals surface area (Å²) < 4.78 is 6.86. The van der Waals surface area contributed by atoms with E-state index in [0.717, 1.165) is 5.69 Å². The summed E-state index contributed by atoms with van der Waals surface area (Å²) in [6.07, 6.45) is 3.22. The zero-order valence-corrected chi connectivity index (χ0v) is 19.8. The lowest BCUT2D eigenvalue weighted by atomic mass is 10.1. The molecule has 0 spiro atoms. The third-order valence-electron chi connectivity index (χ3n) is 5.71. The Morgan fingerprint density at radius 1 is 1.24 bits per heavy atom. The Morgan fingerprint density at radius 2 is 2.00 bits per heavy atom. The van der Waals surface area contributed by atoms with E-state index in [2.05, 4.69) is 20.0 Å². The summed E-state index contributed by atoms with van der Waals surface area (Å²) >= 11 is 12.6. The molecule has 1 saturated heterocycles. The van der Waals surface area contributed by atoms with Gasteiger partial charge in [-0.15, -0.1) is 0 Å². The highest BCUT2D eigenvalue weighted by Crippen LogP contribution is 2.31. The molecule has 0 radical (unpaired) electrons. The average molecular weight is 491 g/mol. The fraction of sp³-hybridized carbons (Fsp3) is 0.364. The number of methoxy groups -OCH3 is 1. The number of amides is 1. The lowest BCUT2D eigenvalue weighted by Crippen LogP contribution is -2.57. The number of hydrogen-bond donors (Lipinski definition) is 1. The predicted octanol–water partition coefficient (Wildman–Crippen LogP) is 2.67. The topological polar surface area (TPSA) is 96.6 Å². The monoisotopic (exact) mass is 490 g/mol. The molecule has 1 N–H and O–H groups in total. The van der Waals surface area contributed by atoms with Gasteiger partial charge in [0.2, 0.25) is 5.91 Å². The van der Waals surface area contributed by atoms with Crippen LogP contribution in [0.3, 0.4) is 0 Å². The summed E-state index contributed by atoms with van der Waals surface area (Å²) in [6.45, 7) is 3.19. The number of nitrogens with zero attached hydrogens (tertiary/aromatic N) is 6. The van der Waals surface area contributed by atoms with Crippen molar-refractivity contribution in [3.63, 3.8) is 0 Å². The first kappa shape index (κ1) is 23.3. The van der Waals surface area contributed by atoms with Gasteiger partial charge in [-0.2, -0.15) is 5.10 Å². The second kappa shape index (κ2) is 9.94. The SMILES string of the molecule is COc1cc(N2CCN(C(=O)Cn3nc(-c4ncccn4)c(Cl)c3C)[C@@H](CO)C2)ccc1Cl. The van der Waals surface area contributed by atoms with E-state index in [1.165, 1.54) is 0 Å². The van der Waals surface area contributed by atoms with Crippen LogP contribution in [0.5, 0.6) is 5.75 Å². The number of carbonyl (C=O) groups excluding carboxylic acids is 1. The minimum Gasteiger partial charge on any atom is -0.495 e. The largest absolute Gasteiger partial charge is 0.495 e. The van der Waals surface area contributed by atoms with Crippen molar-refractivity contribution in [2.45, 2.75) is 19.5 Å². The number of piperazine rings is 1. The lowest BCUT2D eigenvalue weighted by Gasteiger charge is -2.41. The second-order valence-corrected chi connectivity index (χ2v) is 8.45. The highest BCUT2D eigenvalue weighted by molar-refractivity contribution is 6.33. The van der Waals surface area contributed by atoms with Crippen LogP contribution in [0.25, 0.3) is 11.5 Å². The number of halogens is 2. The maximum atomic E-state index is 13.2. The van der Waals surface area contributed by atoms with Gasteiger partial charge in [0.25, 0.3) is 0 Å². The molecule has 0 bridgehead atoms. The standard InChI is InChI=1S/C22H24Cl2N6O3/c1-14-20(24)21(22-25-6-3-7-26-22)27-30(14)12-19(32)29-9-8-28(11-16(29)13-31)15-4-5-17(23)18(10-15)33-2/h3-7,10,16,31H,8-9,11-13H2,1-2H3/t16-/m1/s1. The number of aromatic nitrogens is 4. The third-order valence-corrected chi connectivity index (χ3v) is 6.47. The van der Waals surface area contributed by atoms with E-state index >= 15 is 0 Å². The van der Waals surface area contributed by atoms with Crippen LogP contribution in [-0.4, -0.2) is 75.1 Å². The number of aliphatic hydroxyl groups is 1. The molecule has 3 heterocycles. The number of hydrogen-bond acceptors (Lipinski definition) is 7. The van der Waals surface area contributed by atoms with Gasteiger partial charge in [-0.3, -0.25) is 9.48 Å². The molecule has 4 rings (SSSR count). The van der Waals surface area contributed by atoms with E-state index in [4.69, 9.17) is 27.9 Å². The summed E-state index contributed by atoms with van der Waals surface area (Å²) in [5.74, 6) is 0.833. The maximum Gasteiger partial charge on any atom is 0.244 e. The first-order valence-corrected chi connectivity index (χ1v) is 11.2. The van der Waals surface area contributed by atoms with Gasteiger partial charge in [0.15, 0.2) is 5.82 Å². The van der Waals surface area contributed by atoms with Crippen molar-refractivity contribution in [2.75, 3.05) is 38.3 Å². The first-order chi connectivity index (χ1) is 15.9. The molecular weight excluding hydrogens is 467 g/mol. The van der Waals surface area contributed by atoms with Crippen molar-refractivity contribution in [2.24, 2.45) is 0 Å². The van der Waals surface area contributed by atoms with E-state index < -0.39 is 0 Å². The van der Waals surface area contributed by atoms with Crippen LogP contribution in [0.1, 0.15) is 5.69 Å². The normalized spacial score (nSPS) is 16.2. The van der Waals surface area contributed by atoms with Gasteiger partial charge < -0.3 is 19.6 Å². The molecular formula is C22H24Cl2N6O3. The van der Waals surface area contributed by atoms with E-state index in [0.29, 0.717) is 52.6 Å². The molecule has 3 aromatic rings. The Hall–Kier alpha value is -2.88. The van der Waals surface area contributed by atoms with E-state index in [9.17, 15) is 9.90 Å². The van der Waals surface area contributed by atoms with Crippen molar-refractivity contribution in [3.05, 3.63) is 52.4 Å². The van der Waals surface area contributed by atoms with Crippen LogP contribution < -0.4 is 9.64 Å². The number of aliphatic hydroxyl groups excluding tert-OH is 1. The Bertz CT molecular complexity index is 1140. The number of benzene rings is 1. The van der Waals surface area contributed by atoms with Crippen molar-refractivity contribution in [1.82, 2.24) is 24.6 Å². The number of anilines is 1. The molecule has 0 saturated carbocycles. The molecule has 0 aliphatic carbocycles. The van der Waals surface area contributed by atoms with Gasteiger partial charge in [-0.05, 0) is 25.1 Å². The van der Waals surface area contributed by atoms with Crippen LogP contribution in [0.15, 0.2) is 36.7 Å². The zero-order valence-electron chi connectivity index (χ0n) is 18.3. The molecule has 1 amide bonds. The quantitative estimate of drug-likeness (QED) is 0.567. The van der Waals surface area contributed by atoms with Crippen LogP contribution in [0.2, 0.25) is 10.0 Å². The van der Waals surface area contributed by atoms with Gasteiger partial charge in [0.05, 0.1) is 35.5 Å². The average Bonchev–Trinajstić information content (AvgIpc) is 3.12. The van der Waals surface area contributed by atoms with Crippen LogP contribution in [0.4, 0.5) is 5.69 Å². The van der Waals surface area contributed by atoms with Crippen molar-refractivity contribution in [3.8, 4) is 17.3 Å². The van der Waals surface area contributed by atoms with Gasteiger partial charge in [-0.1, -0.05) is 23.2 Å². The van der Waals surface area contributed by atoms with Gasteiger partial charge in [0.1, 0.15) is 18.0 Å². The fourth-order valence-electron chi connectivity index (χ4n) is 3.88. The predicted molar refractivity (Wildman–Crippen MR) is 126 cm³/mol. The first-order valence-electron chi connectivity index (χ1n) is 10.4. The minimum absolute atomic E-state index is 0.00363. The molecule has 2 aromatic heterocycles. The van der Waals surface area contributed by atoms with E-state index in [-0.39, 0.29) is 25.1 Å². The number of carbonyl (C=O) groups is 1. The van der Waals surface area contributed by atoms with Crippen molar-refractivity contribution >= 4 is 34.8 Å². The molecule has 1 fully saturated rings. The summed E-state index contributed by atoms with van der Waals surface area (Å²) in [6, 6.07) is 6.88. The molecule has 1 aliphatic heterocycles. The molecule has 9 nitrogen and oxygen atoms in total. The highest BCUT2D eigenvalue weighted by Gasteiger charge is 2.31. The van der Waals surface area contributed by atoms with Crippen molar-refractivity contribution in [1.29, 1.82) is 0 Å². The van der Waals surface area contributed by atoms with Crippen LogP contribution >= 0.6 is 23.2 Å². The zero-order chi connectivity index (χ0) is 23.5. The number of ether oxygens (including phenoxy) is 1. The highest BCUT2D eigenvalue weighted by atomic mass is 35.5. The van der Waals surface area contributed by atoms with Crippen LogP contribution in [0, 0.1) is 6.92 Å². The van der Waals surface area contributed by atoms with E-state index in [1.807, 2.05) is 12.1 Å². The molecule has 174 valence electrons. The molecule has 1 atom stereocenters. The number of rotatable bonds is 6. The van der Waals surface area contributed by atoms with Crippen LogP contribution in [-0.2, 0) is 11.3 Å². The summed E-state index contributed by atoms with van der Waals surface area (Å²) in [5, 5.41) is 15.4. The molecule has 1 aliphatic rings. The van der Waals surface area contributed by atoms with Gasteiger partial charge >= 0.3 is 0 Å². The molecule has 11 heteroatoms. The van der Waals surface area contributed by atoms with Crippen molar-refractivity contribution < 1.29 is 14.6 Å². The second-order valence-electron chi connectivity index (χ2n) is 7.67.